The van der Waals surface area contributed by atoms with E-state index < -0.39 is 5.97 Å². The van der Waals surface area contributed by atoms with Crippen molar-refractivity contribution in [1.29, 1.82) is 0 Å². The summed E-state index contributed by atoms with van der Waals surface area (Å²) >= 11 is 3.51. The summed E-state index contributed by atoms with van der Waals surface area (Å²) in [6.07, 6.45) is 0.548. The topological polar surface area (TPSA) is 67.8 Å². The predicted octanol–water partition coefficient (Wildman–Crippen LogP) is 2.51. The predicted molar refractivity (Wildman–Crippen MR) is 78.5 cm³/mol. The third kappa shape index (κ3) is 2.62. The van der Waals surface area contributed by atoms with Crippen LogP contribution < -0.4 is 14.8 Å². The van der Waals surface area contributed by atoms with Crippen LogP contribution in [0, 0.1) is 12.8 Å². The average Bonchev–Trinajstić information content (AvgIpc) is 2.90. The Morgan fingerprint density at radius 3 is 2.65 bits per heavy atom. The summed E-state index contributed by atoms with van der Waals surface area (Å²) in [5.74, 6) is 0.171. The van der Waals surface area contributed by atoms with Gasteiger partial charge in [-0.25, -0.2) is 0 Å². The first-order chi connectivity index (χ1) is 9.49. The number of methoxy groups -OCH3 is 2. The van der Waals surface area contributed by atoms with Gasteiger partial charge >= 0.3 is 5.97 Å². The van der Waals surface area contributed by atoms with Crippen molar-refractivity contribution < 1.29 is 19.4 Å². The number of carboxylic acids is 1. The third-order valence-corrected chi connectivity index (χ3v) is 4.56. The summed E-state index contributed by atoms with van der Waals surface area (Å²) in [5.41, 5.74) is 1.99. The number of aliphatic carboxylic acids is 1. The maximum Gasteiger partial charge on any atom is 0.307 e. The molecule has 2 N–H and O–H groups in total. The molecule has 0 aromatic heterocycles. The van der Waals surface area contributed by atoms with Crippen LogP contribution in [0.3, 0.4) is 0 Å². The summed E-state index contributed by atoms with van der Waals surface area (Å²) in [6, 6.07) is 1.82. The van der Waals surface area contributed by atoms with Crippen LogP contribution in [-0.4, -0.2) is 31.8 Å². The summed E-state index contributed by atoms with van der Waals surface area (Å²) in [4.78, 5) is 11.1. The Morgan fingerprint density at radius 1 is 1.45 bits per heavy atom. The zero-order valence-corrected chi connectivity index (χ0v) is 13.3. The van der Waals surface area contributed by atoms with Crippen LogP contribution in [0.4, 0.5) is 0 Å². The molecule has 0 saturated carbocycles. The lowest BCUT2D eigenvalue weighted by Gasteiger charge is -2.21. The number of carbonyl (C=O) groups is 1. The van der Waals surface area contributed by atoms with E-state index in [1.54, 1.807) is 14.2 Å². The molecule has 1 heterocycles. The Balaban J connectivity index is 2.45. The lowest BCUT2D eigenvalue weighted by atomic mass is 9.95. The van der Waals surface area contributed by atoms with E-state index in [-0.39, 0.29) is 12.0 Å². The fourth-order valence-electron chi connectivity index (χ4n) is 2.65. The summed E-state index contributed by atoms with van der Waals surface area (Å²) in [6.45, 7) is 2.45. The lowest BCUT2D eigenvalue weighted by molar-refractivity contribution is -0.141. The van der Waals surface area contributed by atoms with Gasteiger partial charge in [-0.3, -0.25) is 4.79 Å². The molecule has 0 radical (unpaired) electrons. The van der Waals surface area contributed by atoms with Crippen molar-refractivity contribution >= 4 is 21.9 Å². The fraction of sp³-hybridized carbons (Fsp3) is 0.500. The molecular weight excluding hydrogens is 326 g/mol. The van der Waals surface area contributed by atoms with E-state index in [4.69, 9.17) is 14.6 Å². The molecule has 20 heavy (non-hydrogen) atoms. The van der Waals surface area contributed by atoms with Crippen molar-refractivity contribution in [3.8, 4) is 11.5 Å². The normalized spacial score (nSPS) is 21.8. The van der Waals surface area contributed by atoms with Gasteiger partial charge in [-0.2, -0.15) is 0 Å². The van der Waals surface area contributed by atoms with Crippen LogP contribution in [0.25, 0.3) is 0 Å². The minimum absolute atomic E-state index is 0.0440. The van der Waals surface area contributed by atoms with E-state index in [0.717, 1.165) is 15.6 Å². The van der Waals surface area contributed by atoms with Crippen LogP contribution >= 0.6 is 15.9 Å². The summed E-state index contributed by atoms with van der Waals surface area (Å²) in [5, 5.41) is 12.4. The van der Waals surface area contributed by atoms with Crippen molar-refractivity contribution in [2.75, 3.05) is 20.8 Å². The first-order valence-electron chi connectivity index (χ1n) is 6.36. The van der Waals surface area contributed by atoms with Gasteiger partial charge in [0.15, 0.2) is 11.5 Å². The Hall–Kier alpha value is -1.27. The number of rotatable bonds is 4. The smallest absolute Gasteiger partial charge is 0.307 e. The van der Waals surface area contributed by atoms with Crippen LogP contribution in [0.1, 0.15) is 23.6 Å². The van der Waals surface area contributed by atoms with Gasteiger partial charge in [0.1, 0.15) is 0 Å². The minimum atomic E-state index is -0.765. The minimum Gasteiger partial charge on any atom is -0.493 e. The van der Waals surface area contributed by atoms with Crippen molar-refractivity contribution in [3.05, 3.63) is 21.7 Å². The quantitative estimate of drug-likeness (QED) is 0.879. The molecule has 5 nitrogen and oxygen atoms in total. The molecule has 0 spiro atoms. The SMILES string of the molecule is COc1cc(Br)c(C)c(C2CC(C(=O)O)CN2)c1OC. The molecule has 0 bridgehead atoms. The maximum atomic E-state index is 11.1. The van der Waals surface area contributed by atoms with E-state index in [0.29, 0.717) is 24.5 Å². The van der Waals surface area contributed by atoms with Gasteiger partial charge in [0.05, 0.1) is 20.1 Å². The van der Waals surface area contributed by atoms with Gasteiger partial charge < -0.3 is 19.9 Å². The highest BCUT2D eigenvalue weighted by atomic mass is 79.9. The third-order valence-electron chi connectivity index (χ3n) is 3.74. The second-order valence-corrected chi connectivity index (χ2v) is 5.72. The number of hydrogen-bond acceptors (Lipinski definition) is 4. The number of nitrogens with one attached hydrogen (secondary N) is 1. The molecule has 1 aliphatic heterocycles. The molecular formula is C14H18BrNO4. The summed E-state index contributed by atoms with van der Waals surface area (Å²) in [7, 11) is 3.18. The highest BCUT2D eigenvalue weighted by Gasteiger charge is 2.33. The van der Waals surface area contributed by atoms with Crippen LogP contribution in [0.15, 0.2) is 10.5 Å². The van der Waals surface area contributed by atoms with Gasteiger partial charge in [0.25, 0.3) is 0 Å². The standard InChI is InChI=1S/C14H18BrNO4/c1-7-9(15)5-11(19-2)13(20-3)12(7)10-4-8(6-16-10)14(17)18/h5,8,10,16H,4,6H2,1-3H3,(H,17,18). The van der Waals surface area contributed by atoms with Gasteiger partial charge in [-0.1, -0.05) is 15.9 Å². The molecule has 1 aromatic rings. The molecule has 1 aliphatic rings. The summed E-state index contributed by atoms with van der Waals surface area (Å²) < 4.78 is 11.7. The Labute approximate surface area is 126 Å². The molecule has 2 atom stereocenters. The van der Waals surface area contributed by atoms with Crippen molar-refractivity contribution in [2.45, 2.75) is 19.4 Å². The molecule has 1 fully saturated rings. The molecule has 0 amide bonds. The maximum absolute atomic E-state index is 11.1. The van der Waals surface area contributed by atoms with E-state index >= 15 is 0 Å². The van der Waals surface area contributed by atoms with Crippen LogP contribution in [0.5, 0.6) is 11.5 Å². The molecule has 110 valence electrons. The number of ether oxygens (including phenoxy) is 2. The molecule has 0 aliphatic carbocycles. The first-order valence-corrected chi connectivity index (χ1v) is 7.16. The molecule has 2 unspecified atom stereocenters. The van der Waals surface area contributed by atoms with Crippen LogP contribution in [0.2, 0.25) is 0 Å². The second-order valence-electron chi connectivity index (χ2n) is 4.86. The molecule has 6 heteroatoms. The molecule has 1 aromatic carbocycles. The van der Waals surface area contributed by atoms with E-state index in [9.17, 15) is 4.79 Å². The zero-order valence-electron chi connectivity index (χ0n) is 11.7. The Morgan fingerprint density at radius 2 is 2.15 bits per heavy atom. The largest absolute Gasteiger partial charge is 0.493 e. The lowest BCUT2D eigenvalue weighted by Crippen LogP contribution is -2.18. The first kappa shape index (κ1) is 15.1. The van der Waals surface area contributed by atoms with Gasteiger partial charge in [-0.05, 0) is 25.0 Å². The second kappa shape index (κ2) is 6.01. The van der Waals surface area contributed by atoms with Crippen molar-refractivity contribution in [1.82, 2.24) is 5.32 Å². The number of halogens is 1. The number of carboxylic acid groups (broad SMARTS) is 1. The average molecular weight is 344 g/mol. The van der Waals surface area contributed by atoms with E-state index in [1.165, 1.54) is 0 Å². The number of hydrogen-bond donors (Lipinski definition) is 2. The van der Waals surface area contributed by atoms with E-state index in [1.807, 2.05) is 13.0 Å². The monoisotopic (exact) mass is 343 g/mol. The molecule has 2 rings (SSSR count). The Kier molecular flexibility index (Phi) is 4.55. The molecule has 1 saturated heterocycles. The Bertz CT molecular complexity index is 532. The van der Waals surface area contributed by atoms with Crippen LogP contribution in [-0.2, 0) is 4.79 Å². The van der Waals surface area contributed by atoms with Gasteiger partial charge in [-0.15, -0.1) is 0 Å². The van der Waals surface area contributed by atoms with Crippen molar-refractivity contribution in [2.24, 2.45) is 5.92 Å². The van der Waals surface area contributed by atoms with Gasteiger partial charge in [0.2, 0.25) is 0 Å². The fourth-order valence-corrected chi connectivity index (χ4v) is 3.07. The zero-order chi connectivity index (χ0) is 14.9. The van der Waals surface area contributed by atoms with Gasteiger partial charge in [0, 0.05) is 22.6 Å². The van der Waals surface area contributed by atoms with E-state index in [2.05, 4.69) is 21.2 Å². The highest BCUT2D eigenvalue weighted by Crippen LogP contribution is 2.43. The van der Waals surface area contributed by atoms with Crippen molar-refractivity contribution in [3.63, 3.8) is 0 Å². The highest BCUT2D eigenvalue weighted by molar-refractivity contribution is 9.10. The number of benzene rings is 1.